The Morgan fingerprint density at radius 1 is 0.593 bits per heavy atom. The van der Waals surface area contributed by atoms with Gasteiger partial charge in [-0.15, -0.1) is 0 Å². The first kappa shape index (κ1) is 28.8. The molecular weight excluding hydrogens is 355 g/mol. The van der Waals surface area contributed by atoms with Crippen molar-refractivity contribution < 1.29 is 17.9 Å². The summed E-state index contributed by atoms with van der Waals surface area (Å²) < 4.78 is 15.7. The van der Waals surface area contributed by atoms with Crippen LogP contribution in [0.15, 0.2) is 0 Å². The number of carboxylic acids is 1. The molecule has 0 aromatic heterocycles. The maximum atomic E-state index is 10.4. The molecule has 0 unspecified atom stereocenters. The van der Waals surface area contributed by atoms with E-state index in [0.717, 1.165) is 12.8 Å². The van der Waals surface area contributed by atoms with Crippen LogP contribution in [0.2, 0.25) is 0 Å². The maximum absolute atomic E-state index is 10.4. The van der Waals surface area contributed by atoms with Gasteiger partial charge in [0.1, 0.15) is 0 Å². The van der Waals surface area contributed by atoms with Crippen LogP contribution in [-0.4, -0.2) is 30.7 Å². The Morgan fingerprint density at radius 3 is 1.04 bits per heavy atom. The Kier molecular flexibility index (Phi) is 29.7. The summed E-state index contributed by atoms with van der Waals surface area (Å²) in [6, 6.07) is 0. The Morgan fingerprint density at radius 2 is 0.815 bits per heavy atom. The second kappa shape index (κ2) is 27.8. The predicted molar refractivity (Wildman–Crippen MR) is 114 cm³/mol. The molecule has 0 radical (unpaired) electrons. The molecule has 5 heteroatoms. The van der Waals surface area contributed by atoms with Crippen LogP contribution in [0.25, 0.3) is 0 Å². The quantitative estimate of drug-likeness (QED) is 0.173. The van der Waals surface area contributed by atoms with Crippen LogP contribution in [0.1, 0.15) is 135 Å². The monoisotopic (exact) mass is 400 g/mol. The van der Waals surface area contributed by atoms with Crippen molar-refractivity contribution in [2.24, 2.45) is 0 Å². The van der Waals surface area contributed by atoms with E-state index in [1.165, 1.54) is 109 Å². The summed E-state index contributed by atoms with van der Waals surface area (Å²) in [5.74, 6) is -0.651. The second-order valence-electron chi connectivity index (χ2n) is 7.61. The Bertz CT molecular complexity index is 298. The number of aliphatic carboxylic acids is 1. The molecule has 0 fully saturated rings. The fourth-order valence-corrected chi connectivity index (χ4v) is 3.35. The average Bonchev–Trinajstić information content (AvgIpc) is 2.64. The summed E-state index contributed by atoms with van der Waals surface area (Å²) >= 11 is -1.50. The van der Waals surface area contributed by atoms with Gasteiger partial charge in [0, 0.05) is 6.42 Å². The number of rotatable bonds is 20. The van der Waals surface area contributed by atoms with Crippen LogP contribution in [0.5, 0.6) is 0 Å². The van der Waals surface area contributed by atoms with Crippen molar-refractivity contribution in [1.29, 1.82) is 0 Å². The summed E-state index contributed by atoms with van der Waals surface area (Å²) in [6.07, 6.45) is 26.1. The number of hydrogen-bond acceptors (Lipinski definition) is 2. The van der Waals surface area contributed by atoms with Gasteiger partial charge in [0.25, 0.3) is 0 Å². The number of carbonyl (C=O) groups is 1. The Balaban J connectivity index is 0. The van der Waals surface area contributed by atoms with Crippen molar-refractivity contribution in [3.05, 3.63) is 0 Å². The molecule has 0 aliphatic carbocycles. The third kappa shape index (κ3) is 33.6. The van der Waals surface area contributed by atoms with Crippen molar-refractivity contribution in [2.45, 2.75) is 135 Å². The first-order chi connectivity index (χ1) is 13.2. The molecule has 160 valence electrons. The van der Waals surface area contributed by atoms with E-state index < -0.39 is 21.5 Å². The fourth-order valence-electron chi connectivity index (χ4n) is 3.35. The van der Waals surface area contributed by atoms with E-state index >= 15 is 0 Å². The zero-order valence-electron chi connectivity index (χ0n) is 17.9. The van der Waals surface area contributed by atoms with Crippen molar-refractivity contribution in [3.8, 4) is 0 Å². The van der Waals surface area contributed by atoms with Gasteiger partial charge in [0.05, 0.1) is 0 Å². The SMILES string of the molecule is CCCCCCCCCCCCCCCCCCCCCC(=O)O.[O]=[Al][OH]. The topological polar surface area (TPSA) is 74.6 Å². The van der Waals surface area contributed by atoms with Gasteiger partial charge in [-0.2, -0.15) is 0 Å². The number of carboxylic acid groups (broad SMARTS) is 1. The van der Waals surface area contributed by atoms with Crippen LogP contribution in [0.3, 0.4) is 0 Å². The molecule has 27 heavy (non-hydrogen) atoms. The molecule has 0 aromatic rings. The van der Waals surface area contributed by atoms with Gasteiger partial charge in [-0.05, 0) is 6.42 Å². The molecule has 0 bridgehead atoms. The van der Waals surface area contributed by atoms with E-state index in [4.69, 9.17) is 13.1 Å². The number of hydrogen-bond donors (Lipinski definition) is 2. The van der Waals surface area contributed by atoms with Crippen LogP contribution in [0, 0.1) is 0 Å². The summed E-state index contributed by atoms with van der Waals surface area (Å²) in [5, 5.41) is 8.56. The van der Waals surface area contributed by atoms with Crippen molar-refractivity contribution >= 4 is 21.5 Å². The van der Waals surface area contributed by atoms with Crippen LogP contribution < -0.4 is 0 Å². The van der Waals surface area contributed by atoms with Gasteiger partial charge in [-0.3, -0.25) is 4.79 Å². The van der Waals surface area contributed by atoms with E-state index in [-0.39, 0.29) is 0 Å². The van der Waals surface area contributed by atoms with E-state index in [2.05, 4.69) is 6.92 Å². The van der Waals surface area contributed by atoms with Crippen molar-refractivity contribution in [3.63, 3.8) is 0 Å². The molecule has 2 N–H and O–H groups in total. The predicted octanol–water partition coefficient (Wildman–Crippen LogP) is 6.84. The fraction of sp³-hybridized carbons (Fsp3) is 0.955. The van der Waals surface area contributed by atoms with Gasteiger partial charge in [0.15, 0.2) is 0 Å². The molecule has 4 nitrogen and oxygen atoms in total. The first-order valence-electron chi connectivity index (χ1n) is 11.5. The molecule has 0 aliphatic rings. The molecule has 0 heterocycles. The normalized spacial score (nSPS) is 10.1. The standard InChI is InChI=1S/C22H44O2.Al.H2O.O/c1-2-3-4-5-6-7-8-9-10-11-12-13-14-15-16-17-18-19-20-21-22(23)24;;;/h2-21H2,1H3,(H,23,24);;1H2;/q;+1;;/p-1. The van der Waals surface area contributed by atoms with Gasteiger partial charge < -0.3 is 5.11 Å². The summed E-state index contributed by atoms with van der Waals surface area (Å²) in [4.78, 5) is 10.4. The molecule has 0 saturated carbocycles. The van der Waals surface area contributed by atoms with Crippen molar-refractivity contribution in [1.82, 2.24) is 0 Å². The summed E-state index contributed by atoms with van der Waals surface area (Å²) in [5.41, 5.74) is 0. The first-order valence-corrected chi connectivity index (χ1v) is 12.5. The van der Waals surface area contributed by atoms with Crippen LogP contribution in [-0.2, 0) is 8.60 Å². The van der Waals surface area contributed by atoms with Gasteiger partial charge in [0.2, 0.25) is 0 Å². The second-order valence-corrected chi connectivity index (χ2v) is 7.82. The molecule has 0 atom stereocenters. The number of unbranched alkanes of at least 4 members (excludes halogenated alkanes) is 18. The molecule has 0 rings (SSSR count). The molecule has 0 spiro atoms. The van der Waals surface area contributed by atoms with Crippen LogP contribution in [0.4, 0.5) is 0 Å². The molecule has 0 aromatic carbocycles. The minimum atomic E-state index is -1.50. The molecule has 0 amide bonds. The summed E-state index contributed by atoms with van der Waals surface area (Å²) in [6.45, 7) is 2.28. The average molecular weight is 401 g/mol. The van der Waals surface area contributed by atoms with Gasteiger partial charge in [-0.1, -0.05) is 122 Å². The van der Waals surface area contributed by atoms with E-state index in [1.807, 2.05) is 0 Å². The third-order valence-electron chi connectivity index (χ3n) is 4.99. The molecular formula is C22H45AlO4. The Labute approximate surface area is 174 Å². The molecule has 0 aliphatic heterocycles. The van der Waals surface area contributed by atoms with Gasteiger partial charge >= 0.3 is 29.4 Å². The third-order valence-corrected chi connectivity index (χ3v) is 4.99. The zero-order chi connectivity index (χ0) is 20.4. The Hall–Kier alpha value is -0.398. The van der Waals surface area contributed by atoms with E-state index in [1.54, 1.807) is 0 Å². The van der Waals surface area contributed by atoms with Gasteiger partial charge in [-0.25, -0.2) is 0 Å². The van der Waals surface area contributed by atoms with Crippen molar-refractivity contribution in [2.75, 3.05) is 0 Å². The van der Waals surface area contributed by atoms with E-state index in [0.29, 0.717) is 6.42 Å². The zero-order valence-corrected chi connectivity index (χ0v) is 19.1. The summed E-state index contributed by atoms with van der Waals surface area (Å²) in [7, 11) is 0. The minimum absolute atomic E-state index is 0.346. The van der Waals surface area contributed by atoms with Crippen LogP contribution >= 0.6 is 0 Å². The van der Waals surface area contributed by atoms with E-state index in [9.17, 15) is 4.79 Å². The molecule has 0 saturated heterocycles.